The lowest BCUT2D eigenvalue weighted by molar-refractivity contribution is 0.466. The predicted octanol–water partition coefficient (Wildman–Crippen LogP) is 0.0618. The molecule has 3 nitrogen and oxygen atoms in total. The minimum absolute atomic E-state index is 0.351. The molecular weight excluding hydrogens is 130 g/mol. The van der Waals surface area contributed by atoms with E-state index < -0.39 is 5.56 Å². The van der Waals surface area contributed by atoms with Crippen LogP contribution in [0, 0.1) is 12.3 Å². The van der Waals surface area contributed by atoms with Crippen molar-refractivity contribution < 1.29 is 5.11 Å². The molecule has 0 aliphatic rings. The second kappa shape index (κ2) is 2.28. The molecule has 1 rings (SSSR count). The first kappa shape index (κ1) is 6.43. The molecule has 0 aromatic carbocycles. The van der Waals surface area contributed by atoms with Gasteiger partial charge in [-0.05, 0) is 0 Å². The van der Waals surface area contributed by atoms with Gasteiger partial charge in [-0.2, -0.15) is 0 Å². The Morgan fingerprint density at radius 2 is 2.40 bits per heavy atom. The fourth-order valence-corrected chi connectivity index (χ4v) is 0.555. The zero-order chi connectivity index (χ0) is 7.56. The first-order chi connectivity index (χ1) is 4.74. The van der Waals surface area contributed by atoms with Crippen LogP contribution in [0.3, 0.4) is 0 Å². The van der Waals surface area contributed by atoms with Crippen LogP contribution in [-0.2, 0) is 0 Å². The zero-order valence-electron chi connectivity index (χ0n) is 5.09. The Labute approximate surface area is 57.3 Å². The highest BCUT2D eigenvalue weighted by molar-refractivity contribution is 5.33. The summed E-state index contributed by atoms with van der Waals surface area (Å²) in [4.78, 5) is 12.8. The zero-order valence-corrected chi connectivity index (χ0v) is 5.09. The third-order valence-electron chi connectivity index (χ3n) is 1.05. The van der Waals surface area contributed by atoms with E-state index in [0.717, 1.165) is 0 Å². The normalized spacial score (nSPS) is 8.70. The number of rotatable bonds is 0. The lowest BCUT2D eigenvalue weighted by atomic mass is 10.3. The van der Waals surface area contributed by atoms with Crippen molar-refractivity contribution in [2.75, 3.05) is 0 Å². The molecule has 0 unspecified atom stereocenters. The van der Waals surface area contributed by atoms with Crippen molar-refractivity contribution >= 4 is 0 Å². The van der Waals surface area contributed by atoms with Crippen molar-refractivity contribution in [2.24, 2.45) is 0 Å². The monoisotopic (exact) mass is 135 g/mol. The van der Waals surface area contributed by atoms with Crippen LogP contribution in [0.4, 0.5) is 0 Å². The molecule has 0 aliphatic carbocycles. The first-order valence-corrected chi connectivity index (χ1v) is 2.62. The van der Waals surface area contributed by atoms with Crippen LogP contribution < -0.4 is 5.56 Å². The Hall–Kier alpha value is -1.69. The Bertz CT molecular complexity index is 332. The predicted molar refractivity (Wildman–Crippen MR) is 36.7 cm³/mol. The molecule has 1 aromatic heterocycles. The Morgan fingerprint density at radius 1 is 1.70 bits per heavy atom. The summed E-state index contributed by atoms with van der Waals surface area (Å²) in [7, 11) is 0. The van der Waals surface area contributed by atoms with Gasteiger partial charge in [0.25, 0.3) is 5.56 Å². The number of terminal acetylenes is 1. The van der Waals surface area contributed by atoms with Crippen LogP contribution in [0.5, 0.6) is 5.75 Å². The molecule has 10 heavy (non-hydrogen) atoms. The van der Waals surface area contributed by atoms with E-state index in [-0.39, 0.29) is 5.75 Å². The van der Waals surface area contributed by atoms with Crippen LogP contribution in [0.2, 0.25) is 0 Å². The maximum atomic E-state index is 10.5. The lowest BCUT2D eigenvalue weighted by Crippen LogP contribution is -2.03. The maximum absolute atomic E-state index is 10.5. The second-order valence-electron chi connectivity index (χ2n) is 1.75. The Kier molecular flexibility index (Phi) is 1.46. The third-order valence-corrected chi connectivity index (χ3v) is 1.05. The summed E-state index contributed by atoms with van der Waals surface area (Å²) in [5.41, 5.74) is -0.0731. The van der Waals surface area contributed by atoms with Crippen molar-refractivity contribution in [3.05, 3.63) is 28.2 Å². The van der Waals surface area contributed by atoms with Crippen LogP contribution in [0.25, 0.3) is 0 Å². The molecule has 0 aliphatic heterocycles. The van der Waals surface area contributed by atoms with Crippen molar-refractivity contribution in [1.82, 2.24) is 4.98 Å². The Balaban J connectivity index is 3.34. The summed E-state index contributed by atoms with van der Waals surface area (Å²) in [6, 6.07) is 1.23. The Morgan fingerprint density at radius 3 is 2.90 bits per heavy atom. The van der Waals surface area contributed by atoms with Gasteiger partial charge in [-0.1, -0.05) is 5.92 Å². The van der Waals surface area contributed by atoms with Crippen LogP contribution in [-0.4, -0.2) is 10.1 Å². The molecule has 1 aromatic rings. The molecule has 50 valence electrons. The van der Waals surface area contributed by atoms with E-state index in [1.165, 1.54) is 12.3 Å². The summed E-state index contributed by atoms with van der Waals surface area (Å²) in [5, 5.41) is 8.79. The maximum Gasteiger partial charge on any atom is 0.290 e. The molecule has 0 atom stereocenters. The van der Waals surface area contributed by atoms with Gasteiger partial charge in [0.2, 0.25) is 0 Å². The number of H-pyrrole nitrogens is 1. The topological polar surface area (TPSA) is 53.1 Å². The van der Waals surface area contributed by atoms with E-state index in [9.17, 15) is 4.79 Å². The van der Waals surface area contributed by atoms with Gasteiger partial charge in [0.15, 0.2) is 5.75 Å². The van der Waals surface area contributed by atoms with Gasteiger partial charge in [0.05, 0.1) is 0 Å². The van der Waals surface area contributed by atoms with E-state index >= 15 is 0 Å². The van der Waals surface area contributed by atoms with Crippen molar-refractivity contribution in [3.63, 3.8) is 0 Å². The summed E-state index contributed by atoms with van der Waals surface area (Å²) < 4.78 is 0. The van der Waals surface area contributed by atoms with Gasteiger partial charge < -0.3 is 10.1 Å². The highest BCUT2D eigenvalue weighted by atomic mass is 16.3. The summed E-state index contributed by atoms with van der Waals surface area (Å²) in [5.74, 6) is 1.91. The van der Waals surface area contributed by atoms with Crippen LogP contribution in [0.15, 0.2) is 17.1 Å². The molecule has 0 fully saturated rings. The quantitative estimate of drug-likeness (QED) is 0.494. The first-order valence-electron chi connectivity index (χ1n) is 2.62. The highest BCUT2D eigenvalue weighted by Gasteiger charge is 1.94. The van der Waals surface area contributed by atoms with E-state index in [1.54, 1.807) is 0 Å². The molecular formula is C7H5NO2. The number of aromatic nitrogens is 1. The van der Waals surface area contributed by atoms with E-state index in [0.29, 0.717) is 5.56 Å². The molecule has 0 saturated heterocycles. The standard InChI is InChI=1S/C7H5NO2/c1-2-5-3-6(9)7(10)8-4-5/h1,3-4,9H,(H,8,10). The van der Waals surface area contributed by atoms with Gasteiger partial charge in [-0.3, -0.25) is 4.79 Å². The minimum atomic E-state index is -0.529. The lowest BCUT2D eigenvalue weighted by Gasteiger charge is -1.89. The molecule has 1 heterocycles. The number of hydrogen-bond acceptors (Lipinski definition) is 2. The molecule has 0 radical (unpaired) electrons. The third kappa shape index (κ3) is 1.00. The SMILES string of the molecule is C#Cc1c[nH]c(=O)c(O)c1. The van der Waals surface area contributed by atoms with Crippen molar-refractivity contribution in [3.8, 4) is 18.1 Å². The van der Waals surface area contributed by atoms with Crippen molar-refractivity contribution in [1.29, 1.82) is 0 Å². The fraction of sp³-hybridized carbons (Fsp3) is 0. The number of pyridine rings is 1. The molecule has 2 N–H and O–H groups in total. The summed E-state index contributed by atoms with van der Waals surface area (Å²) >= 11 is 0. The molecule has 0 spiro atoms. The fourth-order valence-electron chi connectivity index (χ4n) is 0.555. The van der Waals surface area contributed by atoms with Gasteiger partial charge >= 0.3 is 0 Å². The van der Waals surface area contributed by atoms with Gasteiger partial charge in [0.1, 0.15) is 0 Å². The minimum Gasteiger partial charge on any atom is -0.503 e. The number of aromatic hydroxyl groups is 1. The molecule has 0 bridgehead atoms. The second-order valence-corrected chi connectivity index (χ2v) is 1.75. The van der Waals surface area contributed by atoms with Crippen LogP contribution in [0.1, 0.15) is 5.56 Å². The molecule has 0 amide bonds. The molecule has 0 saturated carbocycles. The average molecular weight is 135 g/mol. The molecule has 3 heteroatoms. The van der Waals surface area contributed by atoms with Gasteiger partial charge in [-0.15, -0.1) is 6.42 Å². The summed E-state index contributed by atoms with van der Waals surface area (Å²) in [6.45, 7) is 0. The smallest absolute Gasteiger partial charge is 0.290 e. The average Bonchev–Trinajstić information content (AvgIpc) is 1.95. The van der Waals surface area contributed by atoms with Crippen LogP contribution >= 0.6 is 0 Å². The summed E-state index contributed by atoms with van der Waals surface area (Å²) in [6.07, 6.45) is 6.35. The van der Waals surface area contributed by atoms with E-state index in [4.69, 9.17) is 11.5 Å². The van der Waals surface area contributed by atoms with E-state index in [1.807, 2.05) is 0 Å². The number of nitrogens with one attached hydrogen (secondary N) is 1. The largest absolute Gasteiger partial charge is 0.503 e. The van der Waals surface area contributed by atoms with Gasteiger partial charge in [0, 0.05) is 17.8 Å². The van der Waals surface area contributed by atoms with Gasteiger partial charge in [-0.25, -0.2) is 0 Å². The number of aromatic amines is 1. The van der Waals surface area contributed by atoms with E-state index in [2.05, 4.69) is 10.9 Å². The highest BCUT2D eigenvalue weighted by Crippen LogP contribution is 2.00. The van der Waals surface area contributed by atoms with Crippen molar-refractivity contribution in [2.45, 2.75) is 0 Å². The number of hydrogen-bond donors (Lipinski definition) is 2.